The summed E-state index contributed by atoms with van der Waals surface area (Å²) in [6.07, 6.45) is 3.92. The Hall–Kier alpha value is -2.17. The number of hydrogen-bond acceptors (Lipinski definition) is 7. The second-order valence-corrected chi connectivity index (χ2v) is 11.5. The van der Waals surface area contributed by atoms with Gasteiger partial charge in [-0.15, -0.1) is 0 Å². The minimum Gasteiger partial charge on any atom is -0.368 e. The van der Waals surface area contributed by atoms with Crippen LogP contribution in [0.5, 0.6) is 0 Å². The maximum Gasteiger partial charge on any atom is 0.240 e. The highest BCUT2D eigenvalue weighted by molar-refractivity contribution is 7.89. The third-order valence-corrected chi connectivity index (χ3v) is 8.10. The fourth-order valence-electron chi connectivity index (χ4n) is 4.35. The number of hydrogen-bond donors (Lipinski definition) is 4. The van der Waals surface area contributed by atoms with E-state index in [1.54, 1.807) is 0 Å². The predicted octanol–water partition coefficient (Wildman–Crippen LogP) is 5.14. The number of para-hydroxylation sites is 1. The van der Waals surface area contributed by atoms with Crippen molar-refractivity contribution in [3.8, 4) is 0 Å². The van der Waals surface area contributed by atoms with Crippen molar-refractivity contribution in [3.05, 3.63) is 52.5 Å². The average molecular weight is 554 g/mol. The van der Waals surface area contributed by atoms with Crippen LogP contribution in [0.25, 0.3) is 10.9 Å². The molecule has 5 N–H and O–H groups in total. The van der Waals surface area contributed by atoms with Crippen LogP contribution in [0.3, 0.4) is 0 Å². The molecule has 1 aliphatic rings. The monoisotopic (exact) mass is 552 g/mol. The zero-order valence-corrected chi connectivity index (χ0v) is 21.6. The van der Waals surface area contributed by atoms with Gasteiger partial charge in [-0.05, 0) is 67.9 Å². The van der Waals surface area contributed by atoms with E-state index in [0.717, 1.165) is 48.9 Å². The summed E-state index contributed by atoms with van der Waals surface area (Å²) >= 11 is 11.9. The number of nitrogens with two attached hydrogens (primary N) is 1. The largest absolute Gasteiger partial charge is 0.368 e. The van der Waals surface area contributed by atoms with Crippen molar-refractivity contribution >= 4 is 55.9 Å². The Labute approximate surface area is 223 Å². The summed E-state index contributed by atoms with van der Waals surface area (Å²) in [7, 11) is -3.65. The van der Waals surface area contributed by atoms with E-state index in [1.165, 1.54) is 18.2 Å². The first-order valence-corrected chi connectivity index (χ1v) is 14.0. The predicted molar refractivity (Wildman–Crippen MR) is 149 cm³/mol. The lowest BCUT2D eigenvalue weighted by Gasteiger charge is -2.28. The van der Waals surface area contributed by atoms with E-state index in [9.17, 15) is 8.42 Å². The Bertz CT molecular complexity index is 1250. The lowest BCUT2D eigenvalue weighted by Crippen LogP contribution is -2.32. The summed E-state index contributed by atoms with van der Waals surface area (Å²) in [6.45, 7) is 2.33. The second kappa shape index (κ2) is 12.9. The Balaban J connectivity index is 0.00000361. The summed E-state index contributed by atoms with van der Waals surface area (Å²) in [5.74, 6) is 2.14. The maximum atomic E-state index is 12.6. The van der Waals surface area contributed by atoms with Gasteiger partial charge in [0.05, 0.1) is 10.4 Å². The number of anilines is 2. The Morgan fingerprint density at radius 1 is 0.917 bits per heavy atom. The molecule has 36 heavy (non-hydrogen) atoms. The molecule has 0 radical (unpaired) electrons. The Morgan fingerprint density at radius 2 is 1.56 bits per heavy atom. The Kier molecular flexibility index (Phi) is 10.2. The molecule has 2 aromatic carbocycles. The van der Waals surface area contributed by atoms with Gasteiger partial charge in [-0.2, -0.15) is 4.98 Å². The summed E-state index contributed by atoms with van der Waals surface area (Å²) in [6, 6.07) is 12.2. The molecule has 1 heterocycles. The van der Waals surface area contributed by atoms with Crippen molar-refractivity contribution in [1.82, 2.24) is 14.7 Å². The molecule has 4 rings (SSSR count). The molecule has 196 valence electrons. The van der Waals surface area contributed by atoms with Gasteiger partial charge in [-0.25, -0.2) is 18.1 Å². The molecular weight excluding hydrogens is 519 g/mol. The van der Waals surface area contributed by atoms with Crippen LogP contribution in [0, 0.1) is 11.8 Å². The van der Waals surface area contributed by atoms with Crippen molar-refractivity contribution in [2.24, 2.45) is 17.6 Å². The fraction of sp³-hybridized carbons (Fsp3) is 0.440. The maximum absolute atomic E-state index is 12.6. The molecule has 0 atom stereocenters. The number of halogens is 2. The quantitative estimate of drug-likeness (QED) is 0.274. The minimum absolute atomic E-state index is 0. The van der Waals surface area contributed by atoms with E-state index in [1.807, 2.05) is 24.3 Å². The van der Waals surface area contributed by atoms with E-state index >= 15 is 0 Å². The smallest absolute Gasteiger partial charge is 0.240 e. The van der Waals surface area contributed by atoms with Crippen LogP contribution in [0.15, 0.2) is 47.4 Å². The molecule has 8 nitrogen and oxygen atoms in total. The number of nitrogens with zero attached hydrogens (tertiary/aromatic N) is 2. The number of nitrogens with one attached hydrogen (secondary N) is 3. The van der Waals surface area contributed by atoms with Crippen molar-refractivity contribution in [2.45, 2.75) is 38.0 Å². The van der Waals surface area contributed by atoms with Gasteiger partial charge in [-0.3, -0.25) is 0 Å². The van der Waals surface area contributed by atoms with Gasteiger partial charge in [0.25, 0.3) is 0 Å². The number of benzene rings is 2. The minimum atomic E-state index is -3.65. The van der Waals surface area contributed by atoms with Gasteiger partial charge in [-0.1, -0.05) is 42.8 Å². The number of sulfonamides is 1. The molecular formula is C25H34Cl2N6O2S. The molecule has 0 amide bonds. The normalized spacial score (nSPS) is 18.0. The highest BCUT2D eigenvalue weighted by Gasteiger charge is 2.24. The number of aromatic nitrogens is 2. The summed E-state index contributed by atoms with van der Waals surface area (Å²) in [5.41, 5.74) is 6.52. The van der Waals surface area contributed by atoms with Gasteiger partial charge in [0.15, 0.2) is 0 Å². The van der Waals surface area contributed by atoms with Crippen LogP contribution < -0.4 is 21.1 Å². The topological polar surface area (TPSA) is 122 Å². The van der Waals surface area contributed by atoms with Gasteiger partial charge >= 0.3 is 0 Å². The molecule has 1 aliphatic carbocycles. The molecule has 0 unspecified atom stereocenters. The van der Waals surface area contributed by atoms with Gasteiger partial charge < -0.3 is 16.4 Å². The van der Waals surface area contributed by atoms with Gasteiger partial charge in [0.1, 0.15) is 5.82 Å². The van der Waals surface area contributed by atoms with E-state index in [4.69, 9.17) is 28.9 Å². The molecule has 0 bridgehead atoms. The number of fused-ring (bicyclic) bond motifs is 1. The second-order valence-electron chi connectivity index (χ2n) is 8.85. The molecule has 0 saturated heterocycles. The van der Waals surface area contributed by atoms with Gasteiger partial charge in [0.2, 0.25) is 16.0 Å². The van der Waals surface area contributed by atoms with Crippen LogP contribution >= 0.6 is 23.2 Å². The van der Waals surface area contributed by atoms with Crippen LogP contribution in [0.4, 0.5) is 11.8 Å². The van der Waals surface area contributed by atoms with E-state index in [-0.39, 0.29) is 12.3 Å². The molecule has 0 aliphatic heterocycles. The molecule has 0 spiro atoms. The van der Waals surface area contributed by atoms with Crippen molar-refractivity contribution in [1.29, 1.82) is 0 Å². The van der Waals surface area contributed by atoms with E-state index in [2.05, 4.69) is 25.3 Å². The Morgan fingerprint density at radius 3 is 2.22 bits per heavy atom. The molecule has 3 aromatic rings. The van der Waals surface area contributed by atoms with Gasteiger partial charge in [0, 0.05) is 41.6 Å². The van der Waals surface area contributed by atoms with E-state index in [0.29, 0.717) is 47.5 Å². The lowest BCUT2D eigenvalue weighted by molar-refractivity contribution is 0.284. The average Bonchev–Trinajstić information content (AvgIpc) is 2.85. The third kappa shape index (κ3) is 7.43. The van der Waals surface area contributed by atoms with Crippen LogP contribution in [0.1, 0.15) is 33.1 Å². The van der Waals surface area contributed by atoms with Crippen LogP contribution in [0.2, 0.25) is 10.0 Å². The summed E-state index contributed by atoms with van der Waals surface area (Å²) in [5, 5.41) is 8.23. The van der Waals surface area contributed by atoms with Crippen molar-refractivity contribution in [3.63, 3.8) is 0 Å². The highest BCUT2D eigenvalue weighted by atomic mass is 35.5. The third-order valence-electron chi connectivity index (χ3n) is 6.26. The first-order chi connectivity index (χ1) is 16.8. The number of rotatable bonds is 10. The standard InChI is InChI=1S/C24H30Cl2N6O2S.CH4/c25-18-11-19(26)13-20(12-18)35(33,34)30-15-17-7-5-16(6-8-17)14-29-24-31-22-4-2-1-3-21(22)23(32-24)28-10-9-27;/h1-4,11-13,16-17,30H,5-10,14-15,27H2,(H2,28,29,31,32);1H4. The van der Waals surface area contributed by atoms with Crippen molar-refractivity contribution in [2.75, 3.05) is 36.8 Å². The fourth-order valence-corrected chi connectivity index (χ4v) is 6.19. The summed E-state index contributed by atoms with van der Waals surface area (Å²) in [4.78, 5) is 9.39. The first-order valence-electron chi connectivity index (χ1n) is 11.7. The van der Waals surface area contributed by atoms with Crippen LogP contribution in [-0.4, -0.2) is 44.6 Å². The first kappa shape index (κ1) is 28.4. The summed E-state index contributed by atoms with van der Waals surface area (Å²) < 4.78 is 28.0. The van der Waals surface area contributed by atoms with Crippen molar-refractivity contribution < 1.29 is 8.42 Å². The molecule has 1 fully saturated rings. The van der Waals surface area contributed by atoms with Crippen LogP contribution in [-0.2, 0) is 10.0 Å². The zero-order valence-electron chi connectivity index (χ0n) is 19.3. The molecule has 1 saturated carbocycles. The van der Waals surface area contributed by atoms with E-state index < -0.39 is 10.0 Å². The molecule has 1 aromatic heterocycles. The highest BCUT2D eigenvalue weighted by Crippen LogP contribution is 2.30. The lowest BCUT2D eigenvalue weighted by atomic mass is 9.82. The zero-order chi connectivity index (χ0) is 24.8. The SMILES string of the molecule is C.NCCNc1nc(NCC2CCC(CNS(=O)(=O)c3cc(Cl)cc(Cl)c3)CC2)nc2ccccc12. The molecule has 11 heteroatoms.